The van der Waals surface area contributed by atoms with Crippen molar-refractivity contribution in [2.75, 3.05) is 11.1 Å². The van der Waals surface area contributed by atoms with Gasteiger partial charge in [-0.25, -0.2) is 0 Å². The monoisotopic (exact) mass is 376 g/mol. The first-order chi connectivity index (χ1) is 14.2. The van der Waals surface area contributed by atoms with Gasteiger partial charge in [0.1, 0.15) is 0 Å². The third kappa shape index (κ3) is 3.17. The normalized spacial score (nSPS) is 11.6. The van der Waals surface area contributed by atoms with Gasteiger partial charge in [-0.05, 0) is 76.2 Å². The molecular formula is C26H20N2O. The van der Waals surface area contributed by atoms with Crippen molar-refractivity contribution in [2.24, 2.45) is 0 Å². The van der Waals surface area contributed by atoms with E-state index in [1.807, 2.05) is 12.1 Å². The second-order valence-corrected chi connectivity index (χ2v) is 7.32. The molecule has 3 nitrogen and oxygen atoms in total. The average Bonchev–Trinajstić information content (AvgIpc) is 3.14. The smallest absolute Gasteiger partial charge is 0.255 e. The number of hydrogen-bond donors (Lipinski definition) is 2. The molecule has 5 rings (SSSR count). The number of amides is 1. The van der Waals surface area contributed by atoms with E-state index in [-0.39, 0.29) is 5.91 Å². The first-order valence-corrected chi connectivity index (χ1v) is 9.66. The van der Waals surface area contributed by atoms with Crippen LogP contribution in [0, 0.1) is 0 Å². The maximum Gasteiger partial charge on any atom is 0.255 e. The zero-order valence-corrected chi connectivity index (χ0v) is 15.9. The zero-order valence-electron chi connectivity index (χ0n) is 15.9. The number of fused-ring (bicyclic) bond motifs is 3. The van der Waals surface area contributed by atoms with E-state index in [0.717, 1.165) is 17.7 Å². The van der Waals surface area contributed by atoms with Crippen LogP contribution in [0.4, 0.5) is 11.4 Å². The van der Waals surface area contributed by atoms with Crippen LogP contribution in [0.2, 0.25) is 0 Å². The molecule has 0 unspecified atom stereocenters. The van der Waals surface area contributed by atoms with Crippen LogP contribution in [-0.4, -0.2) is 5.91 Å². The van der Waals surface area contributed by atoms with E-state index >= 15 is 0 Å². The van der Waals surface area contributed by atoms with Crippen LogP contribution in [0.1, 0.15) is 21.5 Å². The molecule has 0 heterocycles. The van der Waals surface area contributed by atoms with E-state index < -0.39 is 0 Å². The topological polar surface area (TPSA) is 55.1 Å². The summed E-state index contributed by atoms with van der Waals surface area (Å²) in [6, 6.07) is 30.0. The first-order valence-electron chi connectivity index (χ1n) is 9.66. The molecular weight excluding hydrogens is 356 g/mol. The number of anilines is 2. The van der Waals surface area contributed by atoms with Crippen LogP contribution in [0.5, 0.6) is 0 Å². The van der Waals surface area contributed by atoms with Crippen molar-refractivity contribution in [3.63, 3.8) is 0 Å². The van der Waals surface area contributed by atoms with Gasteiger partial charge in [-0.15, -0.1) is 0 Å². The van der Waals surface area contributed by atoms with Crippen molar-refractivity contribution >= 4 is 17.3 Å². The molecule has 0 fully saturated rings. The third-order valence-electron chi connectivity index (χ3n) is 5.48. The highest BCUT2D eigenvalue weighted by Crippen LogP contribution is 2.41. The molecule has 4 aromatic carbocycles. The van der Waals surface area contributed by atoms with Crippen LogP contribution in [-0.2, 0) is 6.42 Å². The Morgan fingerprint density at radius 3 is 2.21 bits per heavy atom. The number of carbonyl (C=O) groups excluding carboxylic acids is 1. The lowest BCUT2D eigenvalue weighted by atomic mass is 9.95. The summed E-state index contributed by atoms with van der Waals surface area (Å²) in [6.45, 7) is 0. The molecule has 1 aliphatic carbocycles. The number of carbonyl (C=O) groups is 1. The minimum absolute atomic E-state index is 0.145. The Morgan fingerprint density at radius 1 is 0.724 bits per heavy atom. The predicted octanol–water partition coefficient (Wildman–Crippen LogP) is 5.76. The van der Waals surface area contributed by atoms with E-state index in [4.69, 9.17) is 5.73 Å². The van der Waals surface area contributed by atoms with Gasteiger partial charge in [0.25, 0.3) is 5.91 Å². The number of nitrogens with one attached hydrogen (secondary N) is 1. The van der Waals surface area contributed by atoms with Crippen molar-refractivity contribution < 1.29 is 4.79 Å². The first kappa shape index (κ1) is 17.3. The summed E-state index contributed by atoms with van der Waals surface area (Å²) in [6.07, 6.45) is 0.956. The highest BCUT2D eigenvalue weighted by atomic mass is 16.1. The Hall–Kier alpha value is -3.85. The lowest BCUT2D eigenvalue weighted by Crippen LogP contribution is -2.11. The summed E-state index contributed by atoms with van der Waals surface area (Å²) in [5.41, 5.74) is 15.5. The number of benzene rings is 4. The van der Waals surface area contributed by atoms with Crippen molar-refractivity contribution in [3.05, 3.63) is 108 Å². The van der Waals surface area contributed by atoms with E-state index in [1.54, 1.807) is 24.3 Å². The quantitative estimate of drug-likeness (QED) is 0.393. The summed E-state index contributed by atoms with van der Waals surface area (Å²) >= 11 is 0. The van der Waals surface area contributed by atoms with Crippen LogP contribution in [0.25, 0.3) is 22.3 Å². The maximum atomic E-state index is 12.4. The molecule has 1 aliphatic rings. The lowest BCUT2D eigenvalue weighted by molar-refractivity contribution is 0.102. The summed E-state index contributed by atoms with van der Waals surface area (Å²) in [7, 11) is 0. The average molecular weight is 376 g/mol. The summed E-state index contributed by atoms with van der Waals surface area (Å²) < 4.78 is 0. The highest BCUT2D eigenvalue weighted by Gasteiger charge is 2.20. The van der Waals surface area contributed by atoms with Crippen molar-refractivity contribution in [3.8, 4) is 22.3 Å². The standard InChI is InChI=1S/C26H20N2O/c27-20-12-8-18(9-13-20)26(29)28-21-14-10-17(11-15-21)22-6-3-7-24-23-5-2-1-4-19(23)16-25(22)24/h1-15H,16,27H2,(H,28,29). The molecule has 3 N–H and O–H groups in total. The summed E-state index contributed by atoms with van der Waals surface area (Å²) in [5.74, 6) is -0.145. The minimum Gasteiger partial charge on any atom is -0.399 e. The highest BCUT2D eigenvalue weighted by molar-refractivity contribution is 6.04. The summed E-state index contributed by atoms with van der Waals surface area (Å²) in [4.78, 5) is 12.4. The number of nitrogen functional groups attached to an aromatic ring is 1. The van der Waals surface area contributed by atoms with Crippen molar-refractivity contribution in [1.82, 2.24) is 0 Å². The van der Waals surface area contributed by atoms with Gasteiger partial charge < -0.3 is 11.1 Å². The molecule has 0 saturated heterocycles. The second-order valence-electron chi connectivity index (χ2n) is 7.32. The zero-order chi connectivity index (χ0) is 19.8. The van der Waals surface area contributed by atoms with Crippen LogP contribution < -0.4 is 11.1 Å². The largest absolute Gasteiger partial charge is 0.399 e. The van der Waals surface area contributed by atoms with E-state index in [9.17, 15) is 4.79 Å². The predicted molar refractivity (Wildman–Crippen MR) is 119 cm³/mol. The molecule has 3 heteroatoms. The lowest BCUT2D eigenvalue weighted by Gasteiger charge is -2.11. The Kier molecular flexibility index (Phi) is 4.14. The van der Waals surface area contributed by atoms with E-state index in [1.165, 1.54) is 27.8 Å². The third-order valence-corrected chi connectivity index (χ3v) is 5.48. The SMILES string of the molecule is Nc1ccc(C(=O)Nc2ccc(-c3cccc4c3Cc3ccccc3-4)cc2)cc1. The van der Waals surface area contributed by atoms with Gasteiger partial charge in [-0.2, -0.15) is 0 Å². The molecule has 140 valence electrons. The molecule has 0 atom stereocenters. The Morgan fingerprint density at radius 2 is 1.41 bits per heavy atom. The minimum atomic E-state index is -0.145. The fourth-order valence-corrected chi connectivity index (χ4v) is 4.00. The number of nitrogens with two attached hydrogens (primary N) is 1. The van der Waals surface area contributed by atoms with Crippen molar-refractivity contribution in [2.45, 2.75) is 6.42 Å². The van der Waals surface area contributed by atoms with Crippen LogP contribution in [0.3, 0.4) is 0 Å². The summed E-state index contributed by atoms with van der Waals surface area (Å²) in [5, 5.41) is 2.94. The molecule has 0 aromatic heterocycles. The van der Waals surface area contributed by atoms with E-state index in [2.05, 4.69) is 59.9 Å². The van der Waals surface area contributed by atoms with Gasteiger partial charge in [-0.1, -0.05) is 54.6 Å². The van der Waals surface area contributed by atoms with E-state index in [0.29, 0.717) is 11.3 Å². The number of rotatable bonds is 3. The molecule has 1 amide bonds. The fraction of sp³-hybridized carbons (Fsp3) is 0.0385. The van der Waals surface area contributed by atoms with Gasteiger partial charge >= 0.3 is 0 Å². The Balaban J connectivity index is 1.40. The molecule has 29 heavy (non-hydrogen) atoms. The van der Waals surface area contributed by atoms with Gasteiger partial charge in [0.2, 0.25) is 0 Å². The Labute approximate surface area is 169 Å². The second kappa shape index (κ2) is 6.95. The fourth-order valence-electron chi connectivity index (χ4n) is 4.00. The van der Waals surface area contributed by atoms with Crippen molar-refractivity contribution in [1.29, 1.82) is 0 Å². The van der Waals surface area contributed by atoms with Crippen LogP contribution >= 0.6 is 0 Å². The molecule has 0 spiro atoms. The van der Waals surface area contributed by atoms with Gasteiger partial charge in [-0.3, -0.25) is 4.79 Å². The van der Waals surface area contributed by atoms with Crippen LogP contribution in [0.15, 0.2) is 91.0 Å². The maximum absolute atomic E-state index is 12.4. The Bertz CT molecular complexity index is 1210. The van der Waals surface area contributed by atoms with Gasteiger partial charge in [0.05, 0.1) is 0 Å². The van der Waals surface area contributed by atoms with Gasteiger partial charge in [0.15, 0.2) is 0 Å². The molecule has 0 bridgehead atoms. The van der Waals surface area contributed by atoms with Gasteiger partial charge in [0, 0.05) is 16.9 Å². The number of hydrogen-bond acceptors (Lipinski definition) is 2. The molecule has 0 saturated carbocycles. The molecule has 0 radical (unpaired) electrons. The molecule has 0 aliphatic heterocycles. The molecule has 4 aromatic rings.